The first-order chi connectivity index (χ1) is 8.76. The van der Waals surface area contributed by atoms with Crippen LogP contribution in [-0.4, -0.2) is 22.7 Å². The maximum absolute atomic E-state index is 11.6. The third-order valence-electron chi connectivity index (χ3n) is 2.97. The molecule has 1 amide bonds. The molecule has 0 bridgehead atoms. The smallest absolute Gasteiger partial charge is 0.407 e. The van der Waals surface area contributed by atoms with Crippen molar-refractivity contribution in [2.45, 2.75) is 58.1 Å². The molecule has 0 aromatic carbocycles. The minimum Gasteiger partial charge on any atom is -0.444 e. The number of hydrogen-bond donors (Lipinski definition) is 1. The van der Waals surface area contributed by atoms with Crippen LogP contribution >= 0.6 is 0 Å². The zero-order valence-corrected chi connectivity index (χ0v) is 11.7. The molecule has 0 aromatic heterocycles. The van der Waals surface area contributed by atoms with Crippen LogP contribution in [0, 0.1) is 16.0 Å². The molecule has 6 heteroatoms. The van der Waals surface area contributed by atoms with Gasteiger partial charge in [-0.15, -0.1) is 0 Å². The van der Waals surface area contributed by atoms with Gasteiger partial charge in [0, 0.05) is 6.04 Å². The van der Waals surface area contributed by atoms with Crippen molar-refractivity contribution in [1.29, 1.82) is 0 Å². The summed E-state index contributed by atoms with van der Waals surface area (Å²) in [5.41, 5.74) is -0.490. The van der Waals surface area contributed by atoms with Crippen molar-refractivity contribution in [1.82, 2.24) is 5.32 Å². The van der Waals surface area contributed by atoms with E-state index in [0.717, 1.165) is 31.9 Å². The Hall–Kier alpha value is -1.59. The highest BCUT2D eigenvalue weighted by atomic mass is 16.6. The maximum Gasteiger partial charge on any atom is 0.407 e. The van der Waals surface area contributed by atoms with Crippen LogP contribution in [0.25, 0.3) is 0 Å². The van der Waals surface area contributed by atoms with Gasteiger partial charge in [0.25, 0.3) is 0 Å². The van der Waals surface area contributed by atoms with E-state index in [2.05, 4.69) is 5.32 Å². The molecule has 19 heavy (non-hydrogen) atoms. The molecule has 6 nitrogen and oxygen atoms in total. The monoisotopic (exact) mass is 270 g/mol. The van der Waals surface area contributed by atoms with E-state index in [9.17, 15) is 14.9 Å². The van der Waals surface area contributed by atoms with Gasteiger partial charge in [-0.1, -0.05) is 0 Å². The summed E-state index contributed by atoms with van der Waals surface area (Å²) in [6.07, 6.45) is 5.61. The van der Waals surface area contributed by atoms with E-state index in [1.54, 1.807) is 6.08 Å². The second kappa shape index (κ2) is 6.54. The van der Waals surface area contributed by atoms with Crippen LogP contribution in [0.1, 0.15) is 46.5 Å². The number of hydrogen-bond acceptors (Lipinski definition) is 4. The van der Waals surface area contributed by atoms with Gasteiger partial charge in [0.2, 0.25) is 6.20 Å². The minimum atomic E-state index is -0.490. The Morgan fingerprint density at radius 1 is 1.32 bits per heavy atom. The molecular formula is C13H22N2O4. The summed E-state index contributed by atoms with van der Waals surface area (Å²) in [4.78, 5) is 21.4. The lowest BCUT2D eigenvalue weighted by atomic mass is 9.86. The first-order valence-corrected chi connectivity index (χ1v) is 6.57. The van der Waals surface area contributed by atoms with Crippen LogP contribution in [0.3, 0.4) is 0 Å². The van der Waals surface area contributed by atoms with Gasteiger partial charge in [0.05, 0.1) is 4.92 Å². The van der Waals surface area contributed by atoms with Gasteiger partial charge >= 0.3 is 6.09 Å². The van der Waals surface area contributed by atoms with Gasteiger partial charge in [-0.05, 0) is 58.4 Å². The van der Waals surface area contributed by atoms with Crippen molar-refractivity contribution < 1.29 is 14.5 Å². The molecule has 0 aliphatic heterocycles. The van der Waals surface area contributed by atoms with Crippen molar-refractivity contribution in [3.05, 3.63) is 22.4 Å². The number of alkyl carbamates (subject to hydrolysis) is 1. The first kappa shape index (κ1) is 15.5. The molecule has 1 rings (SSSR count). The van der Waals surface area contributed by atoms with Crippen molar-refractivity contribution in [2.75, 3.05) is 0 Å². The SMILES string of the molecule is CC(C)(C)OC(=O)NC1CCC(/C=C/[N+](=O)[O-])CC1. The number of rotatable bonds is 3. The standard InChI is InChI=1S/C13H22N2O4/c1-13(2,3)19-12(16)14-11-6-4-10(5-7-11)8-9-15(17)18/h8-11H,4-7H2,1-3H3,(H,14,16)/b9-8+. The Bertz CT molecular complexity index is 352. The number of ether oxygens (including phenoxy) is 1. The third kappa shape index (κ3) is 6.79. The highest BCUT2D eigenvalue weighted by molar-refractivity contribution is 5.68. The van der Waals surface area contributed by atoms with E-state index < -0.39 is 16.6 Å². The zero-order chi connectivity index (χ0) is 14.5. The lowest BCUT2D eigenvalue weighted by Gasteiger charge is -2.28. The van der Waals surface area contributed by atoms with Crippen molar-refractivity contribution in [2.24, 2.45) is 5.92 Å². The molecule has 108 valence electrons. The van der Waals surface area contributed by atoms with E-state index in [1.165, 1.54) is 0 Å². The quantitative estimate of drug-likeness (QED) is 0.631. The van der Waals surface area contributed by atoms with Crippen LogP contribution in [0.15, 0.2) is 12.3 Å². The Labute approximate surface area is 113 Å². The largest absolute Gasteiger partial charge is 0.444 e. The van der Waals surface area contributed by atoms with E-state index in [-0.39, 0.29) is 12.0 Å². The number of carbonyl (C=O) groups excluding carboxylic acids is 1. The lowest BCUT2D eigenvalue weighted by Crippen LogP contribution is -2.40. The number of nitrogens with zero attached hydrogens (tertiary/aromatic N) is 1. The van der Waals surface area contributed by atoms with Crippen LogP contribution in [0.4, 0.5) is 4.79 Å². The highest BCUT2D eigenvalue weighted by Crippen LogP contribution is 2.25. The normalized spacial score (nSPS) is 24.2. The second-order valence-electron chi connectivity index (χ2n) is 5.88. The summed E-state index contributed by atoms with van der Waals surface area (Å²) in [5, 5.41) is 13.1. The molecule has 1 N–H and O–H groups in total. The topological polar surface area (TPSA) is 81.5 Å². The summed E-state index contributed by atoms with van der Waals surface area (Å²) >= 11 is 0. The molecule has 0 spiro atoms. The van der Waals surface area contributed by atoms with E-state index >= 15 is 0 Å². The fraction of sp³-hybridized carbons (Fsp3) is 0.769. The Kier molecular flexibility index (Phi) is 5.32. The summed E-state index contributed by atoms with van der Waals surface area (Å²) in [6.45, 7) is 5.48. The molecule has 1 fully saturated rings. The molecule has 0 saturated heterocycles. The Morgan fingerprint density at radius 2 is 1.89 bits per heavy atom. The molecular weight excluding hydrogens is 248 g/mol. The minimum absolute atomic E-state index is 0.107. The molecule has 0 unspecified atom stereocenters. The Morgan fingerprint density at radius 3 is 2.37 bits per heavy atom. The zero-order valence-electron chi connectivity index (χ0n) is 11.7. The van der Waals surface area contributed by atoms with E-state index in [0.29, 0.717) is 0 Å². The average Bonchev–Trinajstić information content (AvgIpc) is 2.25. The van der Waals surface area contributed by atoms with Crippen LogP contribution in [-0.2, 0) is 4.74 Å². The fourth-order valence-corrected chi connectivity index (χ4v) is 2.12. The predicted molar refractivity (Wildman–Crippen MR) is 71.3 cm³/mol. The predicted octanol–water partition coefficient (Wildman–Crippen LogP) is 2.86. The number of nitrogens with one attached hydrogen (secondary N) is 1. The number of allylic oxidation sites excluding steroid dienone is 1. The van der Waals surface area contributed by atoms with Crippen molar-refractivity contribution in [3.63, 3.8) is 0 Å². The third-order valence-corrected chi connectivity index (χ3v) is 2.97. The van der Waals surface area contributed by atoms with Gasteiger partial charge in [0.1, 0.15) is 5.60 Å². The number of nitro groups is 1. The first-order valence-electron chi connectivity index (χ1n) is 6.57. The van der Waals surface area contributed by atoms with Crippen LogP contribution in [0.2, 0.25) is 0 Å². The molecule has 0 radical (unpaired) electrons. The van der Waals surface area contributed by atoms with Gasteiger partial charge < -0.3 is 10.1 Å². The maximum atomic E-state index is 11.6. The fourth-order valence-electron chi connectivity index (χ4n) is 2.12. The summed E-state index contributed by atoms with van der Waals surface area (Å²) in [6, 6.07) is 0.107. The molecule has 0 atom stereocenters. The van der Waals surface area contributed by atoms with Gasteiger partial charge in [-0.25, -0.2) is 4.79 Å². The average molecular weight is 270 g/mol. The lowest BCUT2D eigenvalue weighted by molar-refractivity contribution is -0.402. The summed E-state index contributed by atoms with van der Waals surface area (Å²) in [5.74, 6) is 0.238. The van der Waals surface area contributed by atoms with Gasteiger partial charge in [0.15, 0.2) is 0 Å². The van der Waals surface area contributed by atoms with Gasteiger partial charge in [-0.2, -0.15) is 0 Å². The van der Waals surface area contributed by atoms with Crippen LogP contribution in [0.5, 0.6) is 0 Å². The van der Waals surface area contributed by atoms with E-state index in [4.69, 9.17) is 4.74 Å². The second-order valence-corrected chi connectivity index (χ2v) is 5.88. The Balaban J connectivity index is 2.30. The summed E-state index contributed by atoms with van der Waals surface area (Å²) < 4.78 is 5.19. The summed E-state index contributed by atoms with van der Waals surface area (Å²) in [7, 11) is 0. The number of carbonyl (C=O) groups is 1. The molecule has 1 aliphatic rings. The van der Waals surface area contributed by atoms with Crippen molar-refractivity contribution in [3.8, 4) is 0 Å². The van der Waals surface area contributed by atoms with E-state index in [1.807, 2.05) is 20.8 Å². The molecule has 1 saturated carbocycles. The highest BCUT2D eigenvalue weighted by Gasteiger charge is 2.24. The number of amides is 1. The molecule has 0 aromatic rings. The molecule has 0 heterocycles. The van der Waals surface area contributed by atoms with Crippen molar-refractivity contribution >= 4 is 6.09 Å². The van der Waals surface area contributed by atoms with Gasteiger partial charge in [-0.3, -0.25) is 10.1 Å². The molecule has 1 aliphatic carbocycles. The van der Waals surface area contributed by atoms with Crippen LogP contribution < -0.4 is 5.32 Å².